The molecule has 0 aromatic heterocycles. The van der Waals surface area contributed by atoms with E-state index in [0.717, 1.165) is 60.7 Å². The Labute approximate surface area is 237 Å². The number of carboxylic acid groups (broad SMARTS) is 1. The molecule has 208 valence electrons. The Kier molecular flexibility index (Phi) is 13.9. The number of halogens is 6. The highest BCUT2D eigenvalue weighted by atomic mass is 35.5. The molecule has 0 bridgehead atoms. The van der Waals surface area contributed by atoms with E-state index in [9.17, 15) is 18.0 Å². The highest BCUT2D eigenvalue weighted by Gasteiger charge is 2.33. The molecule has 0 atom stereocenters. The monoisotopic (exact) mass is 603 g/mol. The van der Waals surface area contributed by atoms with E-state index in [0.29, 0.717) is 25.4 Å². The molecule has 13 heteroatoms. The number of anilines is 2. The first kappa shape index (κ1) is 33.6. The fourth-order valence-corrected chi connectivity index (χ4v) is 5.36. The van der Waals surface area contributed by atoms with Gasteiger partial charge in [0.1, 0.15) is 6.61 Å². The number of benzene rings is 2. The molecule has 0 amide bonds. The summed E-state index contributed by atoms with van der Waals surface area (Å²) in [4.78, 5) is 19.0. The second-order valence-corrected chi connectivity index (χ2v) is 9.47. The fraction of sp³-hybridized carbons (Fsp3) is 0.458. The van der Waals surface area contributed by atoms with Gasteiger partial charge in [-0.3, -0.25) is 4.90 Å². The van der Waals surface area contributed by atoms with Gasteiger partial charge in [0.2, 0.25) is 0 Å². The molecule has 1 saturated heterocycles. The molecule has 2 aliphatic heterocycles. The molecule has 0 saturated carbocycles. The van der Waals surface area contributed by atoms with Gasteiger partial charge in [-0.05, 0) is 43.3 Å². The minimum atomic E-state index is -4.37. The van der Waals surface area contributed by atoms with Crippen LogP contribution in [0.1, 0.15) is 12.0 Å². The molecule has 2 heterocycles. The zero-order valence-corrected chi connectivity index (χ0v) is 23.3. The molecule has 4 rings (SSSR count). The van der Waals surface area contributed by atoms with Crippen LogP contribution in [0.2, 0.25) is 0 Å². The maximum absolute atomic E-state index is 13.4. The van der Waals surface area contributed by atoms with Crippen molar-refractivity contribution in [3.05, 3.63) is 48.0 Å². The second kappa shape index (κ2) is 15.3. The Morgan fingerprint density at radius 1 is 0.892 bits per heavy atom. The van der Waals surface area contributed by atoms with Gasteiger partial charge in [0.05, 0.1) is 23.5 Å². The molecule has 6 nitrogen and oxygen atoms in total. The van der Waals surface area contributed by atoms with Crippen LogP contribution in [0.5, 0.6) is 0 Å². The molecule has 2 aromatic rings. The van der Waals surface area contributed by atoms with Gasteiger partial charge in [0.15, 0.2) is 0 Å². The van der Waals surface area contributed by atoms with Crippen molar-refractivity contribution >= 4 is 66.3 Å². The quantitative estimate of drug-likeness (QED) is 0.370. The molecular weight excluding hydrogens is 574 g/mol. The summed E-state index contributed by atoms with van der Waals surface area (Å²) < 4.78 is 45.2. The first-order valence-electron chi connectivity index (χ1n) is 11.3. The number of ether oxygens (including phenoxy) is 1. The summed E-state index contributed by atoms with van der Waals surface area (Å²) in [6, 6.07) is 11.8. The van der Waals surface area contributed by atoms with E-state index in [4.69, 9.17) is 9.84 Å². The summed E-state index contributed by atoms with van der Waals surface area (Å²) in [5, 5.41) is 8.62. The number of piperazine rings is 1. The highest BCUT2D eigenvalue weighted by Crippen LogP contribution is 2.49. The number of hydrogen-bond donors (Lipinski definition) is 1. The molecule has 0 radical (unpaired) electrons. The van der Waals surface area contributed by atoms with E-state index >= 15 is 0 Å². The number of nitrogens with zero attached hydrogens (tertiary/aromatic N) is 3. The number of rotatable bonds is 9. The van der Waals surface area contributed by atoms with Crippen molar-refractivity contribution in [3.8, 4) is 0 Å². The average Bonchev–Trinajstić information content (AvgIpc) is 2.81. The summed E-state index contributed by atoms with van der Waals surface area (Å²) in [6.45, 7) is 5.92. The summed E-state index contributed by atoms with van der Waals surface area (Å²) in [5.74, 6) is -0.961. The van der Waals surface area contributed by atoms with Crippen molar-refractivity contribution in [3.63, 3.8) is 0 Å². The minimum absolute atomic E-state index is 0. The van der Waals surface area contributed by atoms with Crippen molar-refractivity contribution in [2.45, 2.75) is 22.4 Å². The second-order valence-electron chi connectivity index (χ2n) is 8.38. The molecule has 1 fully saturated rings. The Hall–Kier alpha value is -1.40. The third-order valence-corrected chi connectivity index (χ3v) is 7.18. The van der Waals surface area contributed by atoms with Gasteiger partial charge in [-0.15, -0.1) is 37.2 Å². The smallest absolute Gasteiger partial charge is 0.416 e. The van der Waals surface area contributed by atoms with Crippen LogP contribution >= 0.6 is 49.0 Å². The van der Waals surface area contributed by atoms with Gasteiger partial charge >= 0.3 is 12.1 Å². The highest BCUT2D eigenvalue weighted by molar-refractivity contribution is 7.99. The third kappa shape index (κ3) is 9.09. The van der Waals surface area contributed by atoms with Gasteiger partial charge in [0.25, 0.3) is 0 Å². The number of fused-ring (bicyclic) bond motifs is 2. The van der Waals surface area contributed by atoms with Gasteiger partial charge in [-0.25, -0.2) is 4.79 Å². The Bertz CT molecular complexity index is 1010. The maximum Gasteiger partial charge on any atom is 0.416 e. The fourth-order valence-electron chi connectivity index (χ4n) is 4.29. The van der Waals surface area contributed by atoms with Crippen molar-refractivity contribution in [2.24, 2.45) is 0 Å². The number of para-hydroxylation sites is 1. The van der Waals surface area contributed by atoms with Crippen molar-refractivity contribution in [1.29, 1.82) is 0 Å². The van der Waals surface area contributed by atoms with Gasteiger partial charge < -0.3 is 19.6 Å². The Morgan fingerprint density at radius 3 is 2.16 bits per heavy atom. The molecular formula is C24H31Cl3F3N3O3S. The normalized spacial score (nSPS) is 15.5. The molecule has 0 unspecified atom stereocenters. The third-order valence-electron chi connectivity index (χ3n) is 6.05. The first-order valence-corrected chi connectivity index (χ1v) is 12.1. The van der Waals surface area contributed by atoms with Crippen LogP contribution in [0.4, 0.5) is 24.5 Å². The zero-order chi connectivity index (χ0) is 24.1. The van der Waals surface area contributed by atoms with E-state index in [1.165, 1.54) is 17.8 Å². The maximum atomic E-state index is 13.4. The topological polar surface area (TPSA) is 56.3 Å². The first-order chi connectivity index (χ1) is 16.3. The van der Waals surface area contributed by atoms with E-state index < -0.39 is 17.7 Å². The average molecular weight is 605 g/mol. The van der Waals surface area contributed by atoms with Crippen molar-refractivity contribution in [1.82, 2.24) is 9.80 Å². The largest absolute Gasteiger partial charge is 0.480 e. The van der Waals surface area contributed by atoms with E-state index in [1.807, 2.05) is 29.2 Å². The predicted molar refractivity (Wildman–Crippen MR) is 147 cm³/mol. The molecule has 1 N–H and O–H groups in total. The van der Waals surface area contributed by atoms with E-state index in [1.54, 1.807) is 6.07 Å². The van der Waals surface area contributed by atoms with Crippen LogP contribution in [0.25, 0.3) is 0 Å². The number of carboxylic acids is 1. The molecule has 0 aliphatic carbocycles. The van der Waals surface area contributed by atoms with Gasteiger partial charge in [-0.1, -0.05) is 23.9 Å². The van der Waals surface area contributed by atoms with Crippen molar-refractivity contribution in [2.75, 3.05) is 63.9 Å². The summed E-state index contributed by atoms with van der Waals surface area (Å²) >= 11 is 1.51. The number of hydrogen-bond acceptors (Lipinski definition) is 6. The molecule has 37 heavy (non-hydrogen) atoms. The summed E-state index contributed by atoms with van der Waals surface area (Å²) in [6.07, 6.45) is -3.54. The standard InChI is InChI=1S/C24H28F3N3O3S.3ClH/c25-24(26,27)18-6-7-22-20(16-18)30(19-4-1-2-5-21(19)34-22)9-3-8-28-10-12-29(13-11-28)14-15-33-17-23(31)32;;;/h1-2,4-7,16H,3,8-15,17H2,(H,31,32);3*1H. The Morgan fingerprint density at radius 2 is 1.51 bits per heavy atom. The zero-order valence-electron chi connectivity index (χ0n) is 20.0. The van der Waals surface area contributed by atoms with E-state index in [2.05, 4.69) is 9.80 Å². The molecule has 2 aliphatic rings. The lowest BCUT2D eigenvalue weighted by Gasteiger charge is -2.36. The number of carbonyl (C=O) groups is 1. The van der Waals surface area contributed by atoms with Gasteiger partial charge in [-0.2, -0.15) is 13.2 Å². The lowest BCUT2D eigenvalue weighted by Crippen LogP contribution is -2.47. The van der Waals surface area contributed by atoms with Crippen molar-refractivity contribution < 1.29 is 27.8 Å². The van der Waals surface area contributed by atoms with Crippen LogP contribution in [0.15, 0.2) is 52.3 Å². The molecule has 0 spiro atoms. The molecule has 2 aromatic carbocycles. The van der Waals surface area contributed by atoms with Gasteiger partial charge in [0, 0.05) is 49.1 Å². The van der Waals surface area contributed by atoms with Crippen LogP contribution in [0.3, 0.4) is 0 Å². The van der Waals surface area contributed by atoms with Crippen LogP contribution < -0.4 is 4.90 Å². The number of aliphatic carboxylic acids is 1. The lowest BCUT2D eigenvalue weighted by molar-refractivity contribution is -0.142. The summed E-state index contributed by atoms with van der Waals surface area (Å²) in [5.41, 5.74) is 0.940. The number of alkyl halides is 3. The van der Waals surface area contributed by atoms with Crippen LogP contribution in [-0.2, 0) is 15.7 Å². The van der Waals surface area contributed by atoms with Crippen LogP contribution in [-0.4, -0.2) is 79.9 Å². The predicted octanol–water partition coefficient (Wildman–Crippen LogP) is 5.68. The van der Waals surface area contributed by atoms with E-state index in [-0.39, 0.29) is 43.8 Å². The minimum Gasteiger partial charge on any atom is -0.480 e. The SMILES string of the molecule is Cl.Cl.Cl.O=C(O)COCCN1CCN(CCCN2c3ccccc3Sc3ccc(C(F)(F)F)cc32)CC1. The van der Waals surface area contributed by atoms with Crippen LogP contribution in [0, 0.1) is 0 Å². The lowest BCUT2D eigenvalue weighted by atomic mass is 10.1. The Balaban J connectivity index is 0.00000228. The summed E-state index contributed by atoms with van der Waals surface area (Å²) in [7, 11) is 0.